The van der Waals surface area contributed by atoms with E-state index in [0.717, 1.165) is 0 Å². The van der Waals surface area contributed by atoms with Crippen molar-refractivity contribution in [2.45, 2.75) is 27.2 Å². The fourth-order valence-electron chi connectivity index (χ4n) is 0. The van der Waals surface area contributed by atoms with Crippen molar-refractivity contribution in [1.29, 1.82) is 0 Å². The summed E-state index contributed by atoms with van der Waals surface area (Å²) in [6.45, 7) is 8.69. The summed E-state index contributed by atoms with van der Waals surface area (Å²) in [4.78, 5) is 0. The predicted octanol–water partition coefficient (Wildman–Crippen LogP) is 2.27. The van der Waals surface area contributed by atoms with Gasteiger partial charge in [-0.3, -0.25) is 0 Å². The Morgan fingerprint density at radius 1 is 1.38 bits per heavy atom. The molecule has 0 atom stereocenters. The fourth-order valence-corrected chi connectivity index (χ4v) is 0. The van der Waals surface area contributed by atoms with Crippen molar-refractivity contribution in [3.8, 4) is 0 Å². The first-order chi connectivity index (χ1) is 3.27. The molecule has 0 aliphatic carbocycles. The summed E-state index contributed by atoms with van der Waals surface area (Å²) in [5, 5.41) is 6.75. The number of hydrogen-bond acceptors (Lipinski definition) is 0. The molecule has 0 amide bonds. The van der Waals surface area contributed by atoms with E-state index < -0.39 is 0 Å². The molecule has 0 saturated heterocycles. The summed E-state index contributed by atoms with van der Waals surface area (Å²) >= 11 is 0. The average molecular weight is 337 g/mol. The van der Waals surface area contributed by atoms with Crippen molar-refractivity contribution in [1.82, 2.24) is 0 Å². The molecule has 0 aromatic rings. The van der Waals surface area contributed by atoms with Gasteiger partial charge in [-0.2, -0.15) is 20.3 Å². The minimum atomic E-state index is 0. The molecule has 0 aromatic carbocycles. The molecule has 0 aromatic heterocycles. The van der Waals surface area contributed by atoms with Gasteiger partial charge in [-0.1, -0.05) is 6.92 Å². The molecule has 0 rings (SSSR count). The molecule has 0 N–H and O–H groups in total. The fraction of sp³-hybridized carbons (Fsp3) is 0.667. The van der Waals surface area contributed by atoms with E-state index >= 15 is 0 Å². The van der Waals surface area contributed by atoms with Gasteiger partial charge < -0.3 is 11.3 Å². The Bertz CT molecular complexity index is 29.7. The molecule has 0 saturated carbocycles. The van der Waals surface area contributed by atoms with E-state index in [9.17, 15) is 0 Å². The van der Waals surface area contributed by atoms with Crippen LogP contribution in [0.1, 0.15) is 27.2 Å². The van der Waals surface area contributed by atoms with Crippen molar-refractivity contribution in [3.05, 3.63) is 11.3 Å². The SMILES string of the molecule is C=[N-].CC[C-](C)C.[U+2]. The topological polar surface area (TPSA) is 22.3 Å². The maximum absolute atomic E-state index is 6.75. The summed E-state index contributed by atoms with van der Waals surface area (Å²) in [5.41, 5.74) is 0. The van der Waals surface area contributed by atoms with Crippen LogP contribution >= 0.6 is 0 Å². The van der Waals surface area contributed by atoms with Gasteiger partial charge >= 0.3 is 31.1 Å². The monoisotopic (exact) mass is 337 g/mol. The van der Waals surface area contributed by atoms with Gasteiger partial charge in [-0.05, 0) is 0 Å². The van der Waals surface area contributed by atoms with E-state index in [0.29, 0.717) is 0 Å². The van der Waals surface area contributed by atoms with Crippen LogP contribution in [0, 0.1) is 37.0 Å². The Morgan fingerprint density at radius 2 is 1.50 bits per heavy atom. The van der Waals surface area contributed by atoms with Crippen molar-refractivity contribution in [3.63, 3.8) is 0 Å². The van der Waals surface area contributed by atoms with E-state index in [1.807, 2.05) is 0 Å². The van der Waals surface area contributed by atoms with Gasteiger partial charge in [-0.25, -0.2) is 6.72 Å². The predicted molar refractivity (Wildman–Crippen MR) is 35.4 cm³/mol. The van der Waals surface area contributed by atoms with Crippen LogP contribution in [-0.2, 0) is 0 Å². The van der Waals surface area contributed by atoms with Crippen LogP contribution in [0.2, 0.25) is 0 Å². The van der Waals surface area contributed by atoms with Gasteiger partial charge in [0.25, 0.3) is 0 Å². The average Bonchev–Trinajstić information content (AvgIpc) is 1.73. The molecule has 0 spiro atoms. The summed E-state index contributed by atoms with van der Waals surface area (Å²) in [6.07, 6.45) is 1.22. The molecule has 0 radical (unpaired) electrons. The van der Waals surface area contributed by atoms with Gasteiger partial charge in [0.05, 0.1) is 0 Å². The summed E-state index contributed by atoms with van der Waals surface area (Å²) in [6, 6.07) is 0. The zero-order valence-electron chi connectivity index (χ0n) is 5.86. The molecule has 0 aliphatic heterocycles. The second kappa shape index (κ2) is 15.6. The minimum absolute atomic E-state index is 0. The van der Waals surface area contributed by atoms with Crippen molar-refractivity contribution >= 4 is 6.72 Å². The van der Waals surface area contributed by atoms with Crippen LogP contribution < -0.4 is 0 Å². The number of rotatable bonds is 1. The first-order valence-electron chi connectivity index (χ1n) is 2.38. The Balaban J connectivity index is -0.0000000750. The normalized spacial score (nSPS) is 6.50. The number of nitrogens with zero attached hydrogens (tertiary/aromatic N) is 1. The van der Waals surface area contributed by atoms with Crippen molar-refractivity contribution in [2.24, 2.45) is 0 Å². The largest absolute Gasteiger partial charge is 2.00 e. The second-order valence-electron chi connectivity index (χ2n) is 1.56. The van der Waals surface area contributed by atoms with Crippen LogP contribution in [0.4, 0.5) is 0 Å². The van der Waals surface area contributed by atoms with E-state index in [1.54, 1.807) is 0 Å². The Kier molecular flexibility index (Phi) is 31.1. The Labute approximate surface area is 76.1 Å². The maximum Gasteiger partial charge on any atom is 2.00 e. The first kappa shape index (κ1) is 15.9. The number of hydrogen-bond donors (Lipinski definition) is 0. The third-order valence-corrected chi connectivity index (χ3v) is 0.707. The minimum Gasteiger partial charge on any atom is -0.817 e. The molecule has 8 heavy (non-hydrogen) atoms. The molecular formula is C6H13NU. The van der Waals surface area contributed by atoms with Crippen molar-refractivity contribution in [2.75, 3.05) is 0 Å². The Morgan fingerprint density at radius 3 is 1.50 bits per heavy atom. The second-order valence-corrected chi connectivity index (χ2v) is 1.56. The van der Waals surface area contributed by atoms with Crippen LogP contribution in [0.25, 0.3) is 5.41 Å². The van der Waals surface area contributed by atoms with Crippen LogP contribution in [0.15, 0.2) is 0 Å². The zero-order valence-corrected chi connectivity index (χ0v) is 10.0. The van der Waals surface area contributed by atoms with E-state index in [2.05, 4.69) is 27.5 Å². The van der Waals surface area contributed by atoms with Gasteiger partial charge in [0.1, 0.15) is 0 Å². The summed E-state index contributed by atoms with van der Waals surface area (Å²) in [7, 11) is 0. The molecule has 0 aliphatic rings. The molecule has 0 heterocycles. The van der Waals surface area contributed by atoms with Crippen LogP contribution in [-0.4, -0.2) is 6.72 Å². The van der Waals surface area contributed by atoms with Crippen LogP contribution in [0.3, 0.4) is 0 Å². The summed E-state index contributed by atoms with van der Waals surface area (Å²) in [5.74, 6) is 1.50. The van der Waals surface area contributed by atoms with Gasteiger partial charge in [0, 0.05) is 0 Å². The zero-order chi connectivity index (χ0) is 6.28. The van der Waals surface area contributed by atoms with E-state index in [-0.39, 0.29) is 31.1 Å². The van der Waals surface area contributed by atoms with Gasteiger partial charge in [-0.15, -0.1) is 0 Å². The van der Waals surface area contributed by atoms with Gasteiger partial charge in [0.15, 0.2) is 0 Å². The first-order valence-corrected chi connectivity index (χ1v) is 2.38. The summed E-state index contributed by atoms with van der Waals surface area (Å²) < 4.78 is 0. The molecular weight excluding hydrogens is 324 g/mol. The molecule has 2 heteroatoms. The van der Waals surface area contributed by atoms with Crippen molar-refractivity contribution < 1.29 is 31.1 Å². The third-order valence-electron chi connectivity index (χ3n) is 0.707. The molecule has 0 fully saturated rings. The maximum atomic E-state index is 6.75. The molecule has 1 nitrogen and oxygen atoms in total. The molecule has 0 bridgehead atoms. The Hall–Kier alpha value is 0.722. The molecule has 0 unspecified atom stereocenters. The standard InChI is InChI=1S/C5H11.CH2N.U/c1-4-5(2)3;1-2;/h4H2,1-3H3;1H2;/q2*-1;+2. The molecule has 46 valence electrons. The van der Waals surface area contributed by atoms with E-state index in [4.69, 9.17) is 5.41 Å². The van der Waals surface area contributed by atoms with E-state index in [1.165, 1.54) is 12.3 Å². The van der Waals surface area contributed by atoms with Gasteiger partial charge in [0.2, 0.25) is 0 Å². The third kappa shape index (κ3) is 29.7. The smallest absolute Gasteiger partial charge is 0.817 e. The quantitative estimate of drug-likeness (QED) is 0.517. The van der Waals surface area contributed by atoms with Crippen LogP contribution in [0.5, 0.6) is 0 Å².